The second-order valence-electron chi connectivity index (χ2n) is 5.51. The molecular formula is C17H17BrClN3O. The fourth-order valence-corrected chi connectivity index (χ4v) is 3.04. The van der Waals surface area contributed by atoms with Crippen LogP contribution in [0.1, 0.15) is 17.2 Å². The number of hydrazine groups is 1. The highest BCUT2D eigenvalue weighted by atomic mass is 79.9. The smallest absolute Gasteiger partial charge is 0.226 e. The predicted molar refractivity (Wildman–Crippen MR) is 94.8 cm³/mol. The summed E-state index contributed by atoms with van der Waals surface area (Å²) in [6, 6.07) is 15.4. The fraction of sp³-hybridized carbons (Fsp3) is 0.235. The molecule has 1 aliphatic heterocycles. The maximum Gasteiger partial charge on any atom is 0.226 e. The van der Waals surface area contributed by atoms with Gasteiger partial charge in [-0.05, 0) is 35.4 Å². The summed E-state index contributed by atoms with van der Waals surface area (Å²) < 4.78 is 1.03. The molecule has 0 radical (unpaired) electrons. The maximum absolute atomic E-state index is 12.5. The molecule has 1 heterocycles. The Morgan fingerprint density at radius 2 is 1.87 bits per heavy atom. The Balaban J connectivity index is 1.63. The number of halogens is 2. The molecule has 0 aromatic heterocycles. The van der Waals surface area contributed by atoms with Crippen LogP contribution in [-0.2, 0) is 11.3 Å². The van der Waals surface area contributed by atoms with Crippen molar-refractivity contribution in [3.63, 3.8) is 0 Å². The SMILES string of the molecule is O=C(NCc1ccc(Br)cc1)C1CNNC1c1ccc(Cl)cc1. The van der Waals surface area contributed by atoms with Gasteiger partial charge >= 0.3 is 0 Å². The lowest BCUT2D eigenvalue weighted by Gasteiger charge is -2.18. The van der Waals surface area contributed by atoms with Gasteiger partial charge in [0.2, 0.25) is 5.91 Å². The topological polar surface area (TPSA) is 53.2 Å². The van der Waals surface area contributed by atoms with Gasteiger partial charge in [0, 0.05) is 22.6 Å². The van der Waals surface area contributed by atoms with Crippen LogP contribution in [0.3, 0.4) is 0 Å². The van der Waals surface area contributed by atoms with Gasteiger partial charge in [0.25, 0.3) is 0 Å². The zero-order valence-electron chi connectivity index (χ0n) is 12.4. The van der Waals surface area contributed by atoms with Crippen LogP contribution in [-0.4, -0.2) is 12.5 Å². The molecule has 23 heavy (non-hydrogen) atoms. The van der Waals surface area contributed by atoms with Crippen molar-refractivity contribution in [2.24, 2.45) is 5.92 Å². The van der Waals surface area contributed by atoms with E-state index in [2.05, 4.69) is 32.1 Å². The molecule has 3 N–H and O–H groups in total. The number of carbonyl (C=O) groups is 1. The number of nitrogens with one attached hydrogen (secondary N) is 3. The van der Waals surface area contributed by atoms with Crippen LogP contribution in [0.4, 0.5) is 0 Å². The van der Waals surface area contributed by atoms with Crippen molar-refractivity contribution in [1.82, 2.24) is 16.2 Å². The average molecular weight is 395 g/mol. The van der Waals surface area contributed by atoms with Gasteiger partial charge in [-0.3, -0.25) is 10.2 Å². The van der Waals surface area contributed by atoms with E-state index in [1.807, 2.05) is 48.5 Å². The molecule has 2 aromatic rings. The summed E-state index contributed by atoms with van der Waals surface area (Å²) in [5.74, 6) is -0.128. The van der Waals surface area contributed by atoms with E-state index in [4.69, 9.17) is 11.6 Å². The third-order valence-electron chi connectivity index (χ3n) is 3.93. The quantitative estimate of drug-likeness (QED) is 0.746. The van der Waals surface area contributed by atoms with E-state index in [1.165, 1.54) is 0 Å². The Hall–Kier alpha value is -1.40. The molecule has 1 fully saturated rings. The monoisotopic (exact) mass is 393 g/mol. The van der Waals surface area contributed by atoms with Gasteiger partial charge in [-0.1, -0.05) is 51.8 Å². The first kappa shape index (κ1) is 16.5. The Kier molecular flexibility index (Phi) is 5.33. The zero-order chi connectivity index (χ0) is 16.2. The molecule has 3 rings (SSSR count). The summed E-state index contributed by atoms with van der Waals surface area (Å²) in [6.45, 7) is 1.12. The van der Waals surface area contributed by atoms with Gasteiger partial charge in [-0.25, -0.2) is 5.43 Å². The van der Waals surface area contributed by atoms with Gasteiger partial charge in [0.15, 0.2) is 0 Å². The molecule has 2 unspecified atom stereocenters. The van der Waals surface area contributed by atoms with Crippen LogP contribution < -0.4 is 16.2 Å². The van der Waals surface area contributed by atoms with Crippen LogP contribution in [0.25, 0.3) is 0 Å². The van der Waals surface area contributed by atoms with Crippen molar-refractivity contribution in [2.75, 3.05) is 6.54 Å². The first-order valence-corrected chi connectivity index (χ1v) is 8.56. The van der Waals surface area contributed by atoms with E-state index in [-0.39, 0.29) is 17.9 Å². The highest BCUT2D eigenvalue weighted by molar-refractivity contribution is 9.10. The van der Waals surface area contributed by atoms with E-state index in [0.29, 0.717) is 18.1 Å². The number of hydrogen-bond acceptors (Lipinski definition) is 3. The molecule has 1 saturated heterocycles. The molecular weight excluding hydrogens is 378 g/mol. The van der Waals surface area contributed by atoms with Gasteiger partial charge in [0.1, 0.15) is 0 Å². The highest BCUT2D eigenvalue weighted by Crippen LogP contribution is 2.26. The standard InChI is InChI=1S/C17H17BrClN3O/c18-13-5-1-11(2-6-13)9-20-17(23)15-10-21-22-16(15)12-3-7-14(19)8-4-12/h1-8,15-16,21-22H,9-10H2,(H,20,23). The Morgan fingerprint density at radius 1 is 1.17 bits per heavy atom. The molecule has 0 spiro atoms. The summed E-state index contributed by atoms with van der Waals surface area (Å²) in [4.78, 5) is 12.5. The van der Waals surface area contributed by atoms with Crippen LogP contribution >= 0.6 is 27.5 Å². The summed E-state index contributed by atoms with van der Waals surface area (Å²) in [6.07, 6.45) is 0. The van der Waals surface area contributed by atoms with Crippen LogP contribution in [0, 0.1) is 5.92 Å². The van der Waals surface area contributed by atoms with Gasteiger partial charge in [0.05, 0.1) is 12.0 Å². The Morgan fingerprint density at radius 3 is 2.57 bits per heavy atom. The van der Waals surface area contributed by atoms with Crippen molar-refractivity contribution >= 4 is 33.4 Å². The van der Waals surface area contributed by atoms with Crippen molar-refractivity contribution in [1.29, 1.82) is 0 Å². The largest absolute Gasteiger partial charge is 0.352 e. The highest BCUT2D eigenvalue weighted by Gasteiger charge is 2.33. The van der Waals surface area contributed by atoms with Gasteiger partial charge < -0.3 is 5.32 Å². The summed E-state index contributed by atoms with van der Waals surface area (Å²) in [5, 5.41) is 3.70. The Bertz CT molecular complexity index is 675. The van der Waals surface area contributed by atoms with E-state index in [9.17, 15) is 4.79 Å². The molecule has 0 aliphatic carbocycles. The molecule has 120 valence electrons. The minimum absolute atomic E-state index is 0.0327. The number of amides is 1. The second-order valence-corrected chi connectivity index (χ2v) is 6.86. The average Bonchev–Trinajstić information content (AvgIpc) is 3.04. The lowest BCUT2D eigenvalue weighted by Crippen LogP contribution is -2.34. The molecule has 0 saturated carbocycles. The molecule has 1 aliphatic rings. The van der Waals surface area contributed by atoms with Crippen molar-refractivity contribution < 1.29 is 4.79 Å². The summed E-state index contributed by atoms with van der Waals surface area (Å²) >= 11 is 9.33. The summed E-state index contributed by atoms with van der Waals surface area (Å²) in [7, 11) is 0. The van der Waals surface area contributed by atoms with Crippen LogP contribution in [0.5, 0.6) is 0 Å². The van der Waals surface area contributed by atoms with Crippen molar-refractivity contribution in [3.05, 3.63) is 69.2 Å². The summed E-state index contributed by atoms with van der Waals surface area (Å²) in [5.41, 5.74) is 8.36. The van der Waals surface area contributed by atoms with Gasteiger partial charge in [-0.2, -0.15) is 0 Å². The number of benzene rings is 2. The van der Waals surface area contributed by atoms with Crippen LogP contribution in [0.2, 0.25) is 5.02 Å². The van der Waals surface area contributed by atoms with E-state index in [1.54, 1.807) is 0 Å². The van der Waals surface area contributed by atoms with E-state index in [0.717, 1.165) is 15.6 Å². The maximum atomic E-state index is 12.5. The van der Waals surface area contributed by atoms with Crippen LogP contribution in [0.15, 0.2) is 53.0 Å². The lowest BCUT2D eigenvalue weighted by atomic mass is 9.94. The third kappa shape index (κ3) is 4.12. The number of rotatable bonds is 4. The number of hydrogen-bond donors (Lipinski definition) is 3. The van der Waals surface area contributed by atoms with E-state index < -0.39 is 0 Å². The fourth-order valence-electron chi connectivity index (χ4n) is 2.65. The van der Waals surface area contributed by atoms with E-state index >= 15 is 0 Å². The second kappa shape index (κ2) is 7.45. The normalized spacial score (nSPS) is 20.4. The Labute approximate surface area is 148 Å². The first-order chi connectivity index (χ1) is 11.1. The molecule has 6 heteroatoms. The first-order valence-electron chi connectivity index (χ1n) is 7.39. The lowest BCUT2D eigenvalue weighted by molar-refractivity contribution is -0.125. The van der Waals surface area contributed by atoms with Crippen molar-refractivity contribution in [2.45, 2.75) is 12.6 Å². The molecule has 4 nitrogen and oxygen atoms in total. The molecule has 2 atom stereocenters. The van der Waals surface area contributed by atoms with Crippen molar-refractivity contribution in [3.8, 4) is 0 Å². The zero-order valence-corrected chi connectivity index (χ0v) is 14.7. The molecule has 2 aromatic carbocycles. The predicted octanol–water partition coefficient (Wildman–Crippen LogP) is 3.18. The third-order valence-corrected chi connectivity index (χ3v) is 4.71. The minimum Gasteiger partial charge on any atom is -0.352 e. The molecule has 1 amide bonds. The van der Waals surface area contributed by atoms with Gasteiger partial charge in [-0.15, -0.1) is 0 Å². The minimum atomic E-state index is -0.161. The number of carbonyl (C=O) groups excluding carboxylic acids is 1. The molecule has 0 bridgehead atoms.